The number of methoxy groups -OCH3 is 1. The number of rotatable bonds is 6. The molecule has 1 aromatic carbocycles. The van der Waals surface area contributed by atoms with Crippen molar-refractivity contribution in [1.82, 2.24) is 15.5 Å². The third kappa shape index (κ3) is 3.82. The van der Waals surface area contributed by atoms with E-state index in [4.69, 9.17) is 4.74 Å². The summed E-state index contributed by atoms with van der Waals surface area (Å²) < 4.78 is 18.6. The third-order valence-corrected chi connectivity index (χ3v) is 4.01. The zero-order valence-electron chi connectivity index (χ0n) is 14.7. The number of halogens is 1. The van der Waals surface area contributed by atoms with E-state index < -0.39 is 0 Å². The molecule has 2 rings (SSSR count). The van der Waals surface area contributed by atoms with E-state index in [2.05, 4.69) is 15.5 Å². The molecular weight excluding hydrogens is 309 g/mol. The number of hydrogen-bond acceptors (Lipinski definition) is 3. The third-order valence-electron chi connectivity index (χ3n) is 4.01. The highest BCUT2D eigenvalue weighted by atomic mass is 19.1. The van der Waals surface area contributed by atoms with Crippen LogP contribution in [-0.2, 0) is 4.74 Å². The zero-order chi connectivity index (χ0) is 17.9. The molecule has 0 saturated carbocycles. The van der Waals surface area contributed by atoms with Gasteiger partial charge in [-0.3, -0.25) is 9.89 Å². The van der Waals surface area contributed by atoms with E-state index in [1.54, 1.807) is 19.2 Å². The Morgan fingerprint density at radius 3 is 2.42 bits per heavy atom. The number of nitrogens with zero attached hydrogens (tertiary/aromatic N) is 1. The fraction of sp³-hybridized carbons (Fsp3) is 0.444. The maximum Gasteiger partial charge on any atom is 0.255 e. The van der Waals surface area contributed by atoms with E-state index in [1.807, 2.05) is 27.7 Å². The molecule has 0 aliphatic carbocycles. The van der Waals surface area contributed by atoms with Crippen LogP contribution in [0.25, 0.3) is 0 Å². The quantitative estimate of drug-likeness (QED) is 0.850. The summed E-state index contributed by atoms with van der Waals surface area (Å²) in [6.45, 7) is 7.67. The highest BCUT2D eigenvalue weighted by molar-refractivity contribution is 5.96. The molecule has 1 aromatic heterocycles. The molecule has 1 amide bonds. The predicted octanol–water partition coefficient (Wildman–Crippen LogP) is 3.49. The van der Waals surface area contributed by atoms with E-state index in [9.17, 15) is 9.18 Å². The summed E-state index contributed by atoms with van der Waals surface area (Å²) >= 11 is 0. The highest BCUT2D eigenvalue weighted by Crippen LogP contribution is 2.23. The molecule has 0 fully saturated rings. The second-order valence-electron chi connectivity index (χ2n) is 6.23. The second-order valence-corrected chi connectivity index (χ2v) is 6.23. The fourth-order valence-electron chi connectivity index (χ4n) is 2.79. The number of H-pyrrole nitrogens is 1. The summed E-state index contributed by atoms with van der Waals surface area (Å²) in [6, 6.07) is 5.80. The van der Waals surface area contributed by atoms with Crippen molar-refractivity contribution in [3.05, 3.63) is 52.6 Å². The first-order valence-corrected chi connectivity index (χ1v) is 7.99. The molecule has 2 aromatic rings. The van der Waals surface area contributed by atoms with E-state index in [1.165, 1.54) is 12.1 Å². The first-order valence-electron chi connectivity index (χ1n) is 7.99. The van der Waals surface area contributed by atoms with E-state index in [0.717, 1.165) is 17.0 Å². The second kappa shape index (κ2) is 7.57. The van der Waals surface area contributed by atoms with Crippen molar-refractivity contribution in [3.63, 3.8) is 0 Å². The van der Waals surface area contributed by atoms with Gasteiger partial charge in [0.2, 0.25) is 0 Å². The lowest BCUT2D eigenvalue weighted by Crippen LogP contribution is -2.38. The molecule has 0 saturated heterocycles. The molecule has 0 aliphatic rings. The number of aryl methyl sites for hydroxylation is 1. The number of carbonyl (C=O) groups excluding carboxylic acids is 1. The van der Waals surface area contributed by atoms with Crippen LogP contribution in [0.4, 0.5) is 4.39 Å². The van der Waals surface area contributed by atoms with Gasteiger partial charge in [0, 0.05) is 12.8 Å². The summed E-state index contributed by atoms with van der Waals surface area (Å²) in [6.07, 6.45) is -0.371. The van der Waals surface area contributed by atoms with Crippen molar-refractivity contribution < 1.29 is 13.9 Å². The maximum absolute atomic E-state index is 13.1. The van der Waals surface area contributed by atoms with Gasteiger partial charge in [0.05, 0.1) is 17.3 Å². The molecule has 1 heterocycles. The van der Waals surface area contributed by atoms with Crippen molar-refractivity contribution in [2.45, 2.75) is 45.8 Å². The van der Waals surface area contributed by atoms with Gasteiger partial charge >= 0.3 is 0 Å². The minimum absolute atomic E-state index is 0.140. The fourth-order valence-corrected chi connectivity index (χ4v) is 2.79. The Bertz CT molecular complexity index is 695. The first-order chi connectivity index (χ1) is 11.3. The van der Waals surface area contributed by atoms with E-state index >= 15 is 0 Å². The van der Waals surface area contributed by atoms with Crippen LogP contribution in [0.15, 0.2) is 24.3 Å². The van der Waals surface area contributed by atoms with Crippen LogP contribution in [-0.4, -0.2) is 29.3 Å². The van der Waals surface area contributed by atoms with Crippen LogP contribution < -0.4 is 5.32 Å². The first kappa shape index (κ1) is 18.1. The summed E-state index contributed by atoms with van der Waals surface area (Å²) in [5.74, 6) is -0.358. The Hall–Kier alpha value is -2.21. The normalized spacial score (nSPS) is 13.8. The molecule has 0 spiro atoms. The van der Waals surface area contributed by atoms with Crippen LogP contribution in [0, 0.1) is 12.7 Å². The van der Waals surface area contributed by atoms with Gasteiger partial charge in [-0.15, -0.1) is 0 Å². The average molecular weight is 333 g/mol. The molecule has 0 radical (unpaired) electrons. The molecule has 0 unspecified atom stereocenters. The molecule has 130 valence electrons. The molecule has 0 aliphatic heterocycles. The van der Waals surface area contributed by atoms with Crippen molar-refractivity contribution >= 4 is 5.91 Å². The number of carbonyl (C=O) groups is 1. The lowest BCUT2D eigenvalue weighted by atomic mass is 10.0. The summed E-state index contributed by atoms with van der Waals surface area (Å²) in [7, 11) is 1.57. The lowest BCUT2D eigenvalue weighted by Gasteiger charge is -2.24. The molecule has 0 bridgehead atoms. The number of hydrogen-bond donors (Lipinski definition) is 2. The molecule has 2 N–H and O–H groups in total. The molecule has 6 heteroatoms. The minimum Gasteiger partial charge on any atom is -0.375 e. The summed E-state index contributed by atoms with van der Waals surface area (Å²) in [5.41, 5.74) is 2.86. The van der Waals surface area contributed by atoms with Gasteiger partial charge in [0.25, 0.3) is 5.91 Å². The van der Waals surface area contributed by atoms with Gasteiger partial charge in [-0.1, -0.05) is 26.0 Å². The lowest BCUT2D eigenvalue weighted by molar-refractivity contribution is 0.0643. The van der Waals surface area contributed by atoms with Gasteiger partial charge in [-0.2, -0.15) is 5.10 Å². The van der Waals surface area contributed by atoms with Crippen molar-refractivity contribution in [3.8, 4) is 0 Å². The largest absolute Gasteiger partial charge is 0.375 e. The van der Waals surface area contributed by atoms with Gasteiger partial charge in [-0.05, 0) is 37.5 Å². The molecule has 24 heavy (non-hydrogen) atoms. The number of benzene rings is 1. The Labute approximate surface area is 141 Å². The van der Waals surface area contributed by atoms with Gasteiger partial charge in [0.15, 0.2) is 0 Å². The molecule has 2 atom stereocenters. The zero-order valence-corrected chi connectivity index (χ0v) is 14.7. The van der Waals surface area contributed by atoms with E-state index in [-0.39, 0.29) is 29.8 Å². The highest BCUT2D eigenvalue weighted by Gasteiger charge is 2.25. The standard InChI is InChI=1S/C18H24FN3O2/c1-10(2)16-15(11(3)21-22-16)18(23)20-12(4)17(24-5)13-6-8-14(19)9-7-13/h6-10,12,17H,1-5H3,(H,20,23)(H,21,22)/t12-,17-/m0/s1. The minimum atomic E-state index is -0.371. The van der Waals surface area contributed by atoms with E-state index in [0.29, 0.717) is 5.56 Å². The number of aromatic amines is 1. The van der Waals surface area contributed by atoms with Crippen molar-refractivity contribution in [2.24, 2.45) is 0 Å². The van der Waals surface area contributed by atoms with Crippen molar-refractivity contribution in [2.75, 3.05) is 7.11 Å². The van der Waals surface area contributed by atoms with Crippen LogP contribution in [0.2, 0.25) is 0 Å². The summed E-state index contributed by atoms with van der Waals surface area (Å²) in [4.78, 5) is 12.7. The summed E-state index contributed by atoms with van der Waals surface area (Å²) in [5, 5.41) is 10.1. The van der Waals surface area contributed by atoms with Gasteiger partial charge in [-0.25, -0.2) is 4.39 Å². The van der Waals surface area contributed by atoms with Crippen LogP contribution >= 0.6 is 0 Å². The Morgan fingerprint density at radius 2 is 1.88 bits per heavy atom. The number of amides is 1. The van der Waals surface area contributed by atoms with Crippen LogP contribution in [0.5, 0.6) is 0 Å². The number of aromatic nitrogens is 2. The average Bonchev–Trinajstić information content (AvgIpc) is 2.92. The van der Waals surface area contributed by atoms with Gasteiger partial charge < -0.3 is 10.1 Å². The predicted molar refractivity (Wildman–Crippen MR) is 90.5 cm³/mol. The van der Waals surface area contributed by atoms with Crippen LogP contribution in [0.3, 0.4) is 0 Å². The smallest absolute Gasteiger partial charge is 0.255 e. The Kier molecular flexibility index (Phi) is 5.72. The Balaban J connectivity index is 2.18. The number of ether oxygens (including phenoxy) is 1. The van der Waals surface area contributed by atoms with Gasteiger partial charge in [0.1, 0.15) is 11.9 Å². The maximum atomic E-state index is 13.1. The Morgan fingerprint density at radius 1 is 1.25 bits per heavy atom. The SMILES string of the molecule is CO[C@H](c1ccc(F)cc1)[C@H](C)NC(=O)c1c(C(C)C)n[nH]c1C. The monoisotopic (exact) mass is 333 g/mol. The van der Waals surface area contributed by atoms with Crippen molar-refractivity contribution in [1.29, 1.82) is 0 Å². The van der Waals surface area contributed by atoms with Crippen LogP contribution in [0.1, 0.15) is 60.1 Å². The number of nitrogens with one attached hydrogen (secondary N) is 2. The molecular formula is C18H24FN3O2. The molecule has 5 nitrogen and oxygen atoms in total. The topological polar surface area (TPSA) is 67.0 Å².